The lowest BCUT2D eigenvalue weighted by Crippen LogP contribution is -2.32. The highest BCUT2D eigenvalue weighted by Gasteiger charge is 2.39. The maximum atomic E-state index is 15.7. The molecule has 15 heteroatoms. The summed E-state index contributed by atoms with van der Waals surface area (Å²) in [7, 11) is 1.37. The van der Waals surface area contributed by atoms with E-state index in [1.54, 1.807) is 25.1 Å². The number of benzene rings is 1. The molecule has 11 nitrogen and oxygen atoms in total. The molecule has 0 aliphatic heterocycles. The number of nitrogens with zero attached hydrogens (tertiary/aromatic N) is 6. The van der Waals surface area contributed by atoms with Gasteiger partial charge in [-0.05, 0) is 26.0 Å². The Morgan fingerprint density at radius 1 is 1.16 bits per heavy atom. The van der Waals surface area contributed by atoms with Crippen LogP contribution in [0.25, 0.3) is 16.6 Å². The topological polar surface area (TPSA) is 126 Å². The van der Waals surface area contributed by atoms with Gasteiger partial charge in [0.15, 0.2) is 35.1 Å². The molecule has 0 amide bonds. The second kappa shape index (κ2) is 10.0. The van der Waals surface area contributed by atoms with Crippen molar-refractivity contribution in [1.29, 1.82) is 0 Å². The van der Waals surface area contributed by atoms with E-state index < -0.39 is 53.4 Å². The lowest BCUT2D eigenvalue weighted by molar-refractivity contribution is -0.189. The first kappa shape index (κ1) is 25.8. The van der Waals surface area contributed by atoms with Crippen LogP contribution in [-0.4, -0.2) is 54.0 Å². The molecular formula is C22H20F4N6O5. The van der Waals surface area contributed by atoms with Gasteiger partial charge in [0.05, 0.1) is 18.7 Å². The van der Waals surface area contributed by atoms with Crippen molar-refractivity contribution >= 4 is 10.8 Å². The quantitative estimate of drug-likeness (QED) is 0.346. The molecule has 4 rings (SSSR count). The molecule has 0 radical (unpaired) electrons. The summed E-state index contributed by atoms with van der Waals surface area (Å²) in [5, 5.41) is 20.1. The number of fused-ring (bicyclic) bond motifs is 1. The fraction of sp³-hybridized carbons (Fsp3) is 0.318. The number of para-hydroxylation sites is 2. The van der Waals surface area contributed by atoms with Gasteiger partial charge in [0.1, 0.15) is 12.0 Å². The zero-order chi connectivity index (χ0) is 26.9. The summed E-state index contributed by atoms with van der Waals surface area (Å²) in [6.45, 7) is 1.75. The second-order valence-corrected chi connectivity index (χ2v) is 7.56. The number of alkyl halides is 3. The number of halogens is 4. The normalized spacial score (nSPS) is 12.5. The van der Waals surface area contributed by atoms with Gasteiger partial charge in [-0.3, -0.25) is 4.57 Å². The van der Waals surface area contributed by atoms with E-state index in [4.69, 9.17) is 14.2 Å². The molecule has 4 aromatic rings. The average molecular weight is 524 g/mol. The van der Waals surface area contributed by atoms with Crippen molar-refractivity contribution in [3.8, 4) is 29.1 Å². The van der Waals surface area contributed by atoms with Crippen molar-refractivity contribution < 1.29 is 36.9 Å². The predicted octanol–water partition coefficient (Wildman–Crippen LogP) is 3.15. The summed E-state index contributed by atoms with van der Waals surface area (Å²) < 4.78 is 73.5. The van der Waals surface area contributed by atoms with Crippen molar-refractivity contribution in [3.05, 3.63) is 52.6 Å². The van der Waals surface area contributed by atoms with Crippen LogP contribution in [0.3, 0.4) is 0 Å². The summed E-state index contributed by atoms with van der Waals surface area (Å²) in [6, 6.07) is 6.31. The molecule has 0 spiro atoms. The number of hydrogen-bond donors (Lipinski definition) is 1. The van der Waals surface area contributed by atoms with E-state index in [0.717, 1.165) is 17.7 Å². The molecule has 1 aromatic carbocycles. The minimum atomic E-state index is -4.81. The Morgan fingerprint density at radius 2 is 1.86 bits per heavy atom. The minimum absolute atomic E-state index is 0.0841. The number of rotatable bonds is 8. The molecule has 1 N–H and O–H groups in total. The minimum Gasteiger partial charge on any atom is -0.493 e. The summed E-state index contributed by atoms with van der Waals surface area (Å²) in [5.74, 6) is -2.82. The third-order valence-electron chi connectivity index (χ3n) is 5.30. The van der Waals surface area contributed by atoms with Gasteiger partial charge in [-0.2, -0.15) is 27.9 Å². The van der Waals surface area contributed by atoms with Gasteiger partial charge in [0.25, 0.3) is 5.88 Å². The molecule has 0 bridgehead atoms. The van der Waals surface area contributed by atoms with E-state index in [2.05, 4.69) is 20.3 Å². The largest absolute Gasteiger partial charge is 0.493 e. The highest BCUT2D eigenvalue weighted by Crippen LogP contribution is 2.39. The van der Waals surface area contributed by atoms with Gasteiger partial charge < -0.3 is 19.3 Å². The van der Waals surface area contributed by atoms with Gasteiger partial charge in [0.2, 0.25) is 5.88 Å². The summed E-state index contributed by atoms with van der Waals surface area (Å²) in [4.78, 5) is 16.7. The Balaban J connectivity index is 1.99. The number of aliphatic hydroxyl groups excluding tert-OH is 1. The van der Waals surface area contributed by atoms with Crippen molar-refractivity contribution in [3.63, 3.8) is 0 Å². The summed E-state index contributed by atoms with van der Waals surface area (Å²) >= 11 is 0. The first-order chi connectivity index (χ1) is 17.6. The number of aliphatic hydroxyl groups is 1. The van der Waals surface area contributed by atoms with Crippen LogP contribution < -0.4 is 19.9 Å². The fourth-order valence-corrected chi connectivity index (χ4v) is 3.41. The molecule has 196 valence electrons. The highest BCUT2D eigenvalue weighted by atomic mass is 19.4. The van der Waals surface area contributed by atoms with E-state index in [0.29, 0.717) is 4.68 Å². The van der Waals surface area contributed by atoms with Crippen LogP contribution >= 0.6 is 0 Å². The average Bonchev–Trinajstić information content (AvgIpc) is 3.20. The third kappa shape index (κ3) is 4.76. The number of pyridine rings is 1. The van der Waals surface area contributed by atoms with Crippen LogP contribution in [0.1, 0.15) is 19.7 Å². The van der Waals surface area contributed by atoms with Crippen molar-refractivity contribution in [2.24, 2.45) is 0 Å². The molecule has 3 aromatic heterocycles. The zero-order valence-electron chi connectivity index (χ0n) is 19.7. The Kier molecular flexibility index (Phi) is 6.98. The van der Waals surface area contributed by atoms with Gasteiger partial charge in [-0.1, -0.05) is 12.1 Å². The lowest BCUT2D eigenvalue weighted by atomic mass is 10.2. The first-order valence-electron chi connectivity index (χ1n) is 10.8. The van der Waals surface area contributed by atoms with Gasteiger partial charge >= 0.3 is 11.9 Å². The number of aromatic nitrogens is 6. The maximum absolute atomic E-state index is 15.7. The third-order valence-corrected chi connectivity index (χ3v) is 5.30. The number of ether oxygens (including phenoxy) is 3. The van der Waals surface area contributed by atoms with E-state index >= 15 is 4.39 Å². The van der Waals surface area contributed by atoms with E-state index in [-0.39, 0.29) is 29.3 Å². The van der Waals surface area contributed by atoms with E-state index in [1.165, 1.54) is 13.2 Å². The number of methoxy groups -OCH3 is 1. The molecule has 0 saturated carbocycles. The van der Waals surface area contributed by atoms with Crippen LogP contribution in [-0.2, 0) is 13.2 Å². The van der Waals surface area contributed by atoms with Gasteiger partial charge in [0, 0.05) is 6.54 Å². The van der Waals surface area contributed by atoms with Crippen LogP contribution in [0, 0.1) is 5.82 Å². The molecule has 37 heavy (non-hydrogen) atoms. The molecule has 0 saturated heterocycles. The van der Waals surface area contributed by atoms with Crippen molar-refractivity contribution in [1.82, 2.24) is 29.5 Å². The second-order valence-electron chi connectivity index (χ2n) is 7.56. The maximum Gasteiger partial charge on any atom is 0.425 e. The molecule has 3 heterocycles. The predicted molar refractivity (Wildman–Crippen MR) is 119 cm³/mol. The molecule has 0 unspecified atom stereocenters. The van der Waals surface area contributed by atoms with Gasteiger partial charge in [-0.15, -0.1) is 10.2 Å². The fourth-order valence-electron chi connectivity index (χ4n) is 3.41. The lowest BCUT2D eigenvalue weighted by Gasteiger charge is -2.19. The molecule has 0 fully saturated rings. The zero-order valence-corrected chi connectivity index (χ0v) is 19.7. The van der Waals surface area contributed by atoms with E-state index in [9.17, 15) is 23.1 Å². The Hall–Kier alpha value is -4.27. The number of hydrogen-bond acceptors (Lipinski definition) is 9. The van der Waals surface area contributed by atoms with E-state index in [1.807, 2.05) is 0 Å². The van der Waals surface area contributed by atoms with Crippen molar-refractivity contribution in [2.45, 2.75) is 39.3 Å². The van der Waals surface area contributed by atoms with Crippen LogP contribution in [0.4, 0.5) is 17.6 Å². The summed E-state index contributed by atoms with van der Waals surface area (Å²) in [5.41, 5.74) is -0.875. The molecule has 0 aliphatic carbocycles. The Bertz CT molecular complexity index is 1500. The van der Waals surface area contributed by atoms with Crippen LogP contribution in [0.15, 0.2) is 35.3 Å². The Labute approximate surface area is 205 Å². The molecule has 0 aliphatic rings. The smallest absolute Gasteiger partial charge is 0.425 e. The Morgan fingerprint density at radius 3 is 2.46 bits per heavy atom. The standard InChI is InChI=1S/C22H20F4N6O5/c1-4-31-15(10-33)30-32(21(31)34)18-17(23)12-9-27-29-20(37-14-8-6-5-7-13(14)35-3)16(12)19(28-18)36-11(2)22(24,25)26/h5-9,11,33H,4,10H2,1-3H3/t11-/m0/s1. The van der Waals surface area contributed by atoms with Crippen LogP contribution in [0.5, 0.6) is 23.3 Å². The molecule has 1 atom stereocenters. The molecular weight excluding hydrogens is 504 g/mol. The van der Waals surface area contributed by atoms with Crippen LogP contribution in [0.2, 0.25) is 0 Å². The van der Waals surface area contributed by atoms with Crippen molar-refractivity contribution in [2.75, 3.05) is 7.11 Å². The SMILES string of the molecule is CCn1c(CO)nn(-c2nc(O[C@@H](C)C(F)(F)F)c3c(Oc4ccccc4OC)nncc3c2F)c1=O. The summed E-state index contributed by atoms with van der Waals surface area (Å²) in [6.07, 6.45) is -6.27. The van der Waals surface area contributed by atoms with Gasteiger partial charge in [-0.25, -0.2) is 9.18 Å². The monoisotopic (exact) mass is 524 g/mol. The first-order valence-corrected chi connectivity index (χ1v) is 10.8. The highest BCUT2D eigenvalue weighted by molar-refractivity contribution is 5.92.